The molecule has 4 fully saturated rings. The van der Waals surface area contributed by atoms with Gasteiger partial charge < -0.3 is 21.3 Å². The Morgan fingerprint density at radius 3 is 1.46 bits per heavy atom. The van der Waals surface area contributed by atoms with E-state index in [0.717, 1.165) is 18.5 Å². The highest BCUT2D eigenvalue weighted by Crippen LogP contribution is 2.22. The summed E-state index contributed by atoms with van der Waals surface area (Å²) in [5, 5.41) is 15.1. The van der Waals surface area contributed by atoms with Crippen molar-refractivity contribution >= 4 is 11.9 Å². The largest absolute Gasteiger partial charge is 0.354 e. The van der Waals surface area contributed by atoms with Gasteiger partial charge in [0.05, 0.1) is 12.1 Å². The summed E-state index contributed by atoms with van der Waals surface area (Å²) in [5.74, 6) is 2.09. The van der Waals surface area contributed by atoms with Crippen LogP contribution in [0.25, 0.3) is 0 Å². The molecule has 200 valence electrons. The van der Waals surface area contributed by atoms with E-state index in [4.69, 9.17) is 9.98 Å². The second kappa shape index (κ2) is 14.9. The zero-order chi connectivity index (χ0) is 24.1. The minimum atomic E-state index is 0.290. The molecule has 0 aromatic heterocycles. The van der Waals surface area contributed by atoms with E-state index in [-0.39, 0.29) is 6.04 Å². The Morgan fingerprint density at radius 2 is 0.971 bits per heavy atom. The zero-order valence-corrected chi connectivity index (χ0v) is 22.6. The van der Waals surface area contributed by atoms with Gasteiger partial charge in [-0.2, -0.15) is 0 Å². The van der Waals surface area contributed by atoms with Gasteiger partial charge in [-0.05, 0) is 58.3 Å². The van der Waals surface area contributed by atoms with Crippen LogP contribution in [0.3, 0.4) is 0 Å². The van der Waals surface area contributed by atoms with Gasteiger partial charge in [0.1, 0.15) is 0 Å². The fourth-order valence-electron chi connectivity index (χ4n) is 6.45. The number of nitrogens with zero attached hydrogens (tertiary/aromatic N) is 2. The van der Waals surface area contributed by atoms with Crippen LogP contribution in [0.5, 0.6) is 0 Å². The Bertz CT molecular complexity index is 638. The van der Waals surface area contributed by atoms with Crippen LogP contribution in [0, 0.1) is 0 Å². The first-order chi connectivity index (χ1) is 17.2. The fourth-order valence-corrected chi connectivity index (χ4v) is 6.45. The molecule has 0 heterocycles. The summed E-state index contributed by atoms with van der Waals surface area (Å²) >= 11 is 0. The normalized spacial score (nSPS) is 25.7. The van der Waals surface area contributed by atoms with Gasteiger partial charge in [0.2, 0.25) is 0 Å². The van der Waals surface area contributed by atoms with Gasteiger partial charge >= 0.3 is 0 Å². The summed E-state index contributed by atoms with van der Waals surface area (Å²) in [5.41, 5.74) is 0. The molecule has 4 saturated carbocycles. The number of guanidine groups is 2. The van der Waals surface area contributed by atoms with Crippen LogP contribution in [-0.4, -0.2) is 48.7 Å². The van der Waals surface area contributed by atoms with Crippen LogP contribution in [-0.2, 0) is 0 Å². The molecule has 0 radical (unpaired) electrons. The molecule has 1 unspecified atom stereocenters. The number of hydrogen-bond donors (Lipinski definition) is 4. The van der Waals surface area contributed by atoms with Crippen molar-refractivity contribution in [2.45, 2.75) is 166 Å². The first-order valence-electron chi connectivity index (χ1n) is 15.4. The van der Waals surface area contributed by atoms with Crippen molar-refractivity contribution in [3.05, 3.63) is 0 Å². The van der Waals surface area contributed by atoms with Crippen LogP contribution in [0.4, 0.5) is 0 Å². The number of rotatable bonds is 7. The third-order valence-electron chi connectivity index (χ3n) is 8.62. The van der Waals surface area contributed by atoms with Crippen molar-refractivity contribution in [1.82, 2.24) is 21.3 Å². The molecule has 0 aliphatic heterocycles. The minimum absolute atomic E-state index is 0.290. The van der Waals surface area contributed by atoms with E-state index in [2.05, 4.69) is 28.2 Å². The number of aliphatic imine (C=N–C) groups is 2. The van der Waals surface area contributed by atoms with Gasteiger partial charge in [-0.1, -0.05) is 77.0 Å². The molecule has 0 aromatic rings. The molecule has 0 amide bonds. The molecule has 6 nitrogen and oxygen atoms in total. The summed E-state index contributed by atoms with van der Waals surface area (Å²) in [4.78, 5) is 10.4. The lowest BCUT2D eigenvalue weighted by Gasteiger charge is -2.29. The summed E-state index contributed by atoms with van der Waals surface area (Å²) in [6.45, 7) is 3.14. The average Bonchev–Trinajstić information content (AvgIpc) is 2.90. The molecule has 4 aliphatic rings. The molecule has 1 atom stereocenters. The Kier molecular flexibility index (Phi) is 11.4. The Hall–Kier alpha value is -1.46. The lowest BCUT2D eigenvalue weighted by molar-refractivity contribution is 0.400. The topological polar surface area (TPSA) is 72.8 Å². The molecular weight excluding hydrogens is 432 g/mol. The third kappa shape index (κ3) is 9.84. The minimum Gasteiger partial charge on any atom is -0.354 e. The first kappa shape index (κ1) is 26.6. The van der Waals surface area contributed by atoms with E-state index in [1.54, 1.807) is 0 Å². The maximum absolute atomic E-state index is 5.20. The molecule has 0 aromatic carbocycles. The summed E-state index contributed by atoms with van der Waals surface area (Å²) in [6.07, 6.45) is 26.3. The van der Waals surface area contributed by atoms with Gasteiger partial charge in [-0.15, -0.1) is 0 Å². The Balaban J connectivity index is 1.33. The predicted molar refractivity (Wildman–Crippen MR) is 149 cm³/mol. The van der Waals surface area contributed by atoms with Crippen molar-refractivity contribution in [3.8, 4) is 0 Å². The van der Waals surface area contributed by atoms with Crippen molar-refractivity contribution in [2.75, 3.05) is 6.54 Å². The molecular formula is C29H54N6. The van der Waals surface area contributed by atoms with E-state index in [9.17, 15) is 0 Å². The van der Waals surface area contributed by atoms with E-state index >= 15 is 0 Å². The first-order valence-corrected chi connectivity index (χ1v) is 15.4. The molecule has 4 N–H and O–H groups in total. The van der Waals surface area contributed by atoms with E-state index in [1.165, 1.54) is 128 Å². The van der Waals surface area contributed by atoms with Crippen LogP contribution in [0.15, 0.2) is 9.98 Å². The maximum Gasteiger partial charge on any atom is 0.192 e. The van der Waals surface area contributed by atoms with Crippen LogP contribution < -0.4 is 21.3 Å². The molecule has 0 spiro atoms. The number of nitrogens with one attached hydrogen (secondary N) is 4. The fraction of sp³-hybridized carbons (Fsp3) is 0.931. The molecule has 4 aliphatic carbocycles. The molecule has 35 heavy (non-hydrogen) atoms. The van der Waals surface area contributed by atoms with Gasteiger partial charge in [0.15, 0.2) is 11.9 Å². The Morgan fingerprint density at radius 1 is 0.571 bits per heavy atom. The van der Waals surface area contributed by atoms with E-state index in [0.29, 0.717) is 24.2 Å². The monoisotopic (exact) mass is 486 g/mol. The SMILES string of the molecule is CC(CNC(=NC1CCCCC1)NC1CCCCC1)NC(=NC1CCCCC1)NC1CCCCC1. The van der Waals surface area contributed by atoms with Crippen LogP contribution in [0.1, 0.15) is 135 Å². The van der Waals surface area contributed by atoms with E-state index in [1.807, 2.05) is 0 Å². The van der Waals surface area contributed by atoms with Crippen molar-refractivity contribution in [2.24, 2.45) is 9.98 Å². The summed E-state index contributed by atoms with van der Waals surface area (Å²) in [6, 6.07) is 2.42. The maximum atomic E-state index is 5.20. The van der Waals surface area contributed by atoms with Gasteiger partial charge in [0.25, 0.3) is 0 Å². The highest BCUT2D eigenvalue weighted by Gasteiger charge is 2.20. The molecule has 4 rings (SSSR count). The quantitative estimate of drug-likeness (QED) is 0.272. The average molecular weight is 487 g/mol. The van der Waals surface area contributed by atoms with E-state index < -0.39 is 0 Å². The van der Waals surface area contributed by atoms with Crippen molar-refractivity contribution in [1.29, 1.82) is 0 Å². The van der Waals surface area contributed by atoms with Crippen molar-refractivity contribution in [3.63, 3.8) is 0 Å². The van der Waals surface area contributed by atoms with Crippen molar-refractivity contribution < 1.29 is 0 Å². The lowest BCUT2D eigenvalue weighted by Crippen LogP contribution is -2.52. The lowest BCUT2D eigenvalue weighted by atomic mass is 9.95. The summed E-state index contributed by atoms with van der Waals surface area (Å²) in [7, 11) is 0. The smallest absolute Gasteiger partial charge is 0.192 e. The number of hydrogen-bond acceptors (Lipinski definition) is 2. The highest BCUT2D eigenvalue weighted by molar-refractivity contribution is 5.82. The van der Waals surface area contributed by atoms with Gasteiger partial charge in [-0.25, -0.2) is 9.98 Å². The second-order valence-corrected chi connectivity index (χ2v) is 11.9. The van der Waals surface area contributed by atoms with Crippen LogP contribution in [0.2, 0.25) is 0 Å². The highest BCUT2D eigenvalue weighted by atomic mass is 15.2. The zero-order valence-electron chi connectivity index (χ0n) is 22.6. The molecule has 0 saturated heterocycles. The third-order valence-corrected chi connectivity index (χ3v) is 8.62. The molecule has 0 bridgehead atoms. The summed E-state index contributed by atoms with van der Waals surface area (Å²) < 4.78 is 0. The standard InChI is InChI=1S/C29H54N6/c1-23(31-29(34-26-18-10-4-11-19-26)35-27-20-12-5-13-21-27)22-30-28(32-24-14-6-2-7-15-24)33-25-16-8-3-9-17-25/h23-27H,2-22H2,1H3,(H2,30,32,33)(H2,31,34,35). The second-order valence-electron chi connectivity index (χ2n) is 11.9. The van der Waals surface area contributed by atoms with Gasteiger partial charge in [0, 0.05) is 24.7 Å². The van der Waals surface area contributed by atoms with Gasteiger partial charge in [-0.3, -0.25) is 0 Å². The predicted octanol–water partition coefficient (Wildman–Crippen LogP) is 5.78. The Labute approximate surface area is 215 Å². The molecule has 6 heteroatoms. The van der Waals surface area contributed by atoms with Crippen LogP contribution >= 0.6 is 0 Å².